The lowest BCUT2D eigenvalue weighted by Crippen LogP contribution is -2.37. The van der Waals surface area contributed by atoms with Crippen molar-refractivity contribution in [3.8, 4) is 28.4 Å². The van der Waals surface area contributed by atoms with Crippen LogP contribution in [0.25, 0.3) is 16.9 Å². The summed E-state index contributed by atoms with van der Waals surface area (Å²) in [7, 11) is 3.21. The smallest absolute Gasteiger partial charge is 0.254 e. The second-order valence-electron chi connectivity index (χ2n) is 9.40. The van der Waals surface area contributed by atoms with Crippen molar-refractivity contribution in [1.82, 2.24) is 14.5 Å². The molecule has 2 aromatic heterocycles. The van der Waals surface area contributed by atoms with Gasteiger partial charge in [0.15, 0.2) is 0 Å². The van der Waals surface area contributed by atoms with Crippen molar-refractivity contribution in [2.24, 2.45) is 0 Å². The van der Waals surface area contributed by atoms with Gasteiger partial charge in [-0.15, -0.1) is 0 Å². The molecule has 1 N–H and O–H groups in total. The molecule has 0 aliphatic carbocycles. The number of carbonyl (C=O) groups excluding carboxylic acids is 2. The van der Waals surface area contributed by atoms with Gasteiger partial charge in [-0.25, -0.2) is 4.98 Å². The maximum Gasteiger partial charge on any atom is 0.254 e. The maximum atomic E-state index is 13.4. The molecule has 9 heteroatoms. The number of aryl methyl sites for hydroxylation is 1. The minimum absolute atomic E-state index is 0.136. The second-order valence-corrected chi connectivity index (χ2v) is 9.40. The third kappa shape index (κ3) is 6.47. The summed E-state index contributed by atoms with van der Waals surface area (Å²) in [5.74, 6) is 1.63. The highest BCUT2D eigenvalue weighted by molar-refractivity contribution is 5.99. The fourth-order valence-electron chi connectivity index (χ4n) is 4.32. The molecule has 41 heavy (non-hydrogen) atoms. The number of anilines is 1. The van der Waals surface area contributed by atoms with E-state index in [-0.39, 0.29) is 19.0 Å². The van der Waals surface area contributed by atoms with Crippen LogP contribution in [0, 0.1) is 6.92 Å². The van der Waals surface area contributed by atoms with Crippen molar-refractivity contribution in [3.05, 3.63) is 114 Å². The zero-order valence-corrected chi connectivity index (χ0v) is 23.0. The third-order valence-electron chi connectivity index (χ3n) is 6.54. The van der Waals surface area contributed by atoms with E-state index in [1.54, 1.807) is 43.1 Å². The van der Waals surface area contributed by atoms with Crippen LogP contribution in [-0.2, 0) is 11.3 Å². The average molecular weight is 551 g/mol. The number of nitrogens with zero attached hydrogens (tertiary/aromatic N) is 3. The van der Waals surface area contributed by atoms with E-state index in [2.05, 4.69) is 5.32 Å². The monoisotopic (exact) mass is 550 g/mol. The molecule has 0 bridgehead atoms. The molecular formula is C32H30N4O5. The number of aromatic nitrogens is 2. The van der Waals surface area contributed by atoms with Gasteiger partial charge in [-0.3, -0.25) is 19.5 Å². The molecule has 0 spiro atoms. The molecule has 2 amide bonds. The molecule has 9 nitrogen and oxygen atoms in total. The van der Waals surface area contributed by atoms with Gasteiger partial charge in [0, 0.05) is 23.0 Å². The number of carbonyl (C=O) groups is 2. The lowest BCUT2D eigenvalue weighted by molar-refractivity contribution is -0.117. The van der Waals surface area contributed by atoms with E-state index in [9.17, 15) is 9.59 Å². The molecule has 5 rings (SSSR count). The normalized spacial score (nSPS) is 10.7. The molecule has 0 radical (unpaired) electrons. The van der Waals surface area contributed by atoms with E-state index in [0.29, 0.717) is 28.7 Å². The molecule has 5 aromatic rings. The summed E-state index contributed by atoms with van der Waals surface area (Å²) in [6.45, 7) is 1.88. The number of imidazole rings is 1. The van der Waals surface area contributed by atoms with Crippen molar-refractivity contribution in [2.75, 3.05) is 26.1 Å². The van der Waals surface area contributed by atoms with E-state index in [4.69, 9.17) is 18.9 Å². The van der Waals surface area contributed by atoms with Gasteiger partial charge in [0.2, 0.25) is 11.9 Å². The van der Waals surface area contributed by atoms with Crippen LogP contribution >= 0.6 is 0 Å². The zero-order valence-electron chi connectivity index (χ0n) is 23.0. The highest BCUT2D eigenvalue weighted by atomic mass is 16.5. The minimum Gasteiger partial charge on any atom is -0.497 e. The summed E-state index contributed by atoms with van der Waals surface area (Å²) in [6.07, 6.45) is 3.38. The Morgan fingerprint density at radius 1 is 0.902 bits per heavy atom. The first kappa shape index (κ1) is 27.3. The molecule has 0 fully saturated rings. The summed E-state index contributed by atoms with van der Waals surface area (Å²) in [4.78, 5) is 33.0. The number of furan rings is 1. The molecule has 3 aromatic carbocycles. The molecule has 2 heterocycles. The molecule has 0 saturated carbocycles. The molecule has 0 unspecified atom stereocenters. The Morgan fingerprint density at radius 3 is 2.17 bits per heavy atom. The fraction of sp³-hybridized carbons (Fsp3) is 0.156. The van der Waals surface area contributed by atoms with Crippen LogP contribution in [0.3, 0.4) is 0 Å². The topological polar surface area (TPSA) is 98.8 Å². The van der Waals surface area contributed by atoms with Gasteiger partial charge in [-0.2, -0.15) is 0 Å². The summed E-state index contributed by atoms with van der Waals surface area (Å²) in [5.41, 5.74) is 3.80. The summed E-state index contributed by atoms with van der Waals surface area (Å²) >= 11 is 0. The standard InChI is InChI=1S/C32H30N4O5/c1-22-6-8-24(9-7-22)31(38)35(19-28-5-4-18-41-28)21-30(37)34-32-33-29(23-10-14-26(39-2)15-11-23)20-36(32)25-12-16-27(40-3)17-13-25/h4-18,20H,19,21H2,1-3H3,(H,33,34,37). The summed E-state index contributed by atoms with van der Waals surface area (Å²) in [6, 6.07) is 25.7. The minimum atomic E-state index is -0.404. The quantitative estimate of drug-likeness (QED) is 0.238. The van der Waals surface area contributed by atoms with Crippen LogP contribution in [0.1, 0.15) is 21.7 Å². The van der Waals surface area contributed by atoms with Gasteiger partial charge in [-0.05, 0) is 79.7 Å². The van der Waals surface area contributed by atoms with Crippen LogP contribution in [0.5, 0.6) is 11.5 Å². The number of benzene rings is 3. The van der Waals surface area contributed by atoms with Crippen LogP contribution in [-0.4, -0.2) is 47.0 Å². The number of nitrogens with one attached hydrogen (secondary N) is 1. The lowest BCUT2D eigenvalue weighted by atomic mass is 10.1. The summed E-state index contributed by atoms with van der Waals surface area (Å²) < 4.78 is 17.8. The van der Waals surface area contributed by atoms with Crippen LogP contribution in [0.2, 0.25) is 0 Å². The largest absolute Gasteiger partial charge is 0.497 e. The van der Waals surface area contributed by atoms with Crippen LogP contribution in [0.15, 0.2) is 102 Å². The highest BCUT2D eigenvalue weighted by Crippen LogP contribution is 2.27. The first-order valence-electron chi connectivity index (χ1n) is 13.0. The first-order chi connectivity index (χ1) is 19.9. The number of amides is 2. The molecule has 0 aliphatic heterocycles. The fourth-order valence-corrected chi connectivity index (χ4v) is 4.32. The van der Waals surface area contributed by atoms with E-state index >= 15 is 0 Å². The molecule has 0 atom stereocenters. The molecular weight excluding hydrogens is 520 g/mol. The van der Waals surface area contributed by atoms with Crippen molar-refractivity contribution in [1.29, 1.82) is 0 Å². The Balaban J connectivity index is 1.43. The zero-order chi connectivity index (χ0) is 28.8. The van der Waals surface area contributed by atoms with E-state index in [0.717, 1.165) is 22.6 Å². The lowest BCUT2D eigenvalue weighted by Gasteiger charge is -2.21. The Bertz CT molecular complexity index is 1610. The van der Waals surface area contributed by atoms with Gasteiger partial charge in [0.25, 0.3) is 5.91 Å². The number of ether oxygens (including phenoxy) is 2. The number of rotatable bonds is 10. The van der Waals surface area contributed by atoms with E-state index in [1.807, 2.05) is 73.8 Å². The first-order valence-corrected chi connectivity index (χ1v) is 13.0. The Morgan fingerprint density at radius 2 is 1.56 bits per heavy atom. The molecule has 208 valence electrons. The highest BCUT2D eigenvalue weighted by Gasteiger charge is 2.22. The number of methoxy groups -OCH3 is 2. The Labute approximate surface area is 238 Å². The van der Waals surface area contributed by atoms with E-state index in [1.165, 1.54) is 11.2 Å². The van der Waals surface area contributed by atoms with Gasteiger partial charge >= 0.3 is 0 Å². The van der Waals surface area contributed by atoms with Gasteiger partial charge in [-0.1, -0.05) is 17.7 Å². The maximum absolute atomic E-state index is 13.4. The van der Waals surface area contributed by atoms with Crippen LogP contribution in [0.4, 0.5) is 5.95 Å². The Kier molecular flexibility index (Phi) is 8.15. The second kappa shape index (κ2) is 12.3. The van der Waals surface area contributed by atoms with Gasteiger partial charge in [0.05, 0.1) is 32.7 Å². The predicted molar refractivity (Wildman–Crippen MR) is 155 cm³/mol. The Hall–Kier alpha value is -5.31. The SMILES string of the molecule is COc1ccc(-c2cn(-c3ccc(OC)cc3)c(NC(=O)CN(Cc3ccco3)C(=O)c3ccc(C)cc3)n2)cc1. The van der Waals surface area contributed by atoms with Crippen LogP contribution < -0.4 is 14.8 Å². The molecule has 0 aliphatic rings. The van der Waals surface area contributed by atoms with Gasteiger partial charge in [0.1, 0.15) is 23.8 Å². The van der Waals surface area contributed by atoms with Crippen molar-refractivity contribution < 1.29 is 23.5 Å². The number of hydrogen-bond donors (Lipinski definition) is 1. The van der Waals surface area contributed by atoms with Crippen molar-refractivity contribution in [2.45, 2.75) is 13.5 Å². The predicted octanol–water partition coefficient (Wildman–Crippen LogP) is 5.74. The third-order valence-corrected chi connectivity index (χ3v) is 6.54. The van der Waals surface area contributed by atoms with Crippen molar-refractivity contribution in [3.63, 3.8) is 0 Å². The average Bonchev–Trinajstić information content (AvgIpc) is 3.67. The molecule has 0 saturated heterocycles. The number of hydrogen-bond acceptors (Lipinski definition) is 6. The van der Waals surface area contributed by atoms with Gasteiger partial charge < -0.3 is 18.8 Å². The van der Waals surface area contributed by atoms with E-state index < -0.39 is 5.91 Å². The van der Waals surface area contributed by atoms with Crippen molar-refractivity contribution >= 4 is 17.8 Å². The summed E-state index contributed by atoms with van der Waals surface area (Å²) in [5, 5.41) is 2.91.